The van der Waals surface area contributed by atoms with Crippen molar-refractivity contribution in [1.82, 2.24) is 19.8 Å². The van der Waals surface area contributed by atoms with Gasteiger partial charge in [-0.2, -0.15) is 0 Å². The highest BCUT2D eigenvalue weighted by Gasteiger charge is 2.25. The summed E-state index contributed by atoms with van der Waals surface area (Å²) in [6.07, 6.45) is 1.63. The Morgan fingerprint density at radius 3 is 2.53 bits per heavy atom. The van der Waals surface area contributed by atoms with Gasteiger partial charge >= 0.3 is 0 Å². The normalized spacial score (nSPS) is 14.5. The van der Waals surface area contributed by atoms with Gasteiger partial charge in [-0.1, -0.05) is 0 Å². The second-order valence-corrected chi connectivity index (χ2v) is 7.93. The third-order valence-electron chi connectivity index (χ3n) is 5.15. The van der Waals surface area contributed by atoms with Gasteiger partial charge in [0.2, 0.25) is 5.88 Å². The molecule has 1 aliphatic heterocycles. The molecule has 8 heteroatoms. The SMILES string of the molecule is COc1ccc(-c2csc(CN3CCN(C(=O)c4cccnc4OC)CC3)n2)cc1. The second kappa shape index (κ2) is 9.23. The Bertz CT molecular complexity index is 998. The summed E-state index contributed by atoms with van der Waals surface area (Å²) in [5.41, 5.74) is 2.58. The van der Waals surface area contributed by atoms with E-state index in [1.165, 1.54) is 7.11 Å². The van der Waals surface area contributed by atoms with Gasteiger partial charge in [-0.3, -0.25) is 9.69 Å². The number of pyridine rings is 1. The maximum Gasteiger partial charge on any atom is 0.259 e. The quantitative estimate of drug-likeness (QED) is 0.606. The van der Waals surface area contributed by atoms with Crippen molar-refractivity contribution in [3.8, 4) is 22.9 Å². The van der Waals surface area contributed by atoms with Crippen LogP contribution in [0.3, 0.4) is 0 Å². The molecule has 30 heavy (non-hydrogen) atoms. The van der Waals surface area contributed by atoms with E-state index in [2.05, 4.69) is 15.3 Å². The number of piperazine rings is 1. The van der Waals surface area contributed by atoms with Crippen molar-refractivity contribution in [2.45, 2.75) is 6.54 Å². The number of ether oxygens (including phenoxy) is 2. The molecule has 1 fully saturated rings. The largest absolute Gasteiger partial charge is 0.497 e. The number of hydrogen-bond acceptors (Lipinski definition) is 7. The van der Waals surface area contributed by atoms with Crippen LogP contribution in [0.2, 0.25) is 0 Å². The Kier molecular flexibility index (Phi) is 6.25. The first-order chi connectivity index (χ1) is 14.7. The summed E-state index contributed by atoms with van der Waals surface area (Å²) in [7, 11) is 3.20. The highest BCUT2D eigenvalue weighted by molar-refractivity contribution is 7.09. The highest BCUT2D eigenvalue weighted by Crippen LogP contribution is 2.25. The van der Waals surface area contributed by atoms with Crippen LogP contribution in [0.5, 0.6) is 11.6 Å². The molecule has 3 heterocycles. The van der Waals surface area contributed by atoms with Crippen LogP contribution in [0.15, 0.2) is 48.0 Å². The van der Waals surface area contributed by atoms with Crippen molar-refractivity contribution in [1.29, 1.82) is 0 Å². The molecular formula is C22H24N4O3S. The zero-order valence-electron chi connectivity index (χ0n) is 17.1. The van der Waals surface area contributed by atoms with Crippen LogP contribution >= 0.6 is 11.3 Å². The molecule has 1 amide bonds. The molecule has 0 aliphatic carbocycles. The van der Waals surface area contributed by atoms with Gasteiger partial charge < -0.3 is 14.4 Å². The van der Waals surface area contributed by atoms with Crippen LogP contribution in [0, 0.1) is 0 Å². The first-order valence-electron chi connectivity index (χ1n) is 9.77. The van der Waals surface area contributed by atoms with E-state index in [4.69, 9.17) is 14.5 Å². The number of benzene rings is 1. The van der Waals surface area contributed by atoms with Gasteiger partial charge in [0.25, 0.3) is 5.91 Å². The zero-order valence-corrected chi connectivity index (χ0v) is 17.9. The average molecular weight is 425 g/mol. The second-order valence-electron chi connectivity index (χ2n) is 6.98. The van der Waals surface area contributed by atoms with Gasteiger partial charge in [0, 0.05) is 43.3 Å². The molecule has 7 nitrogen and oxygen atoms in total. The molecule has 0 N–H and O–H groups in total. The number of carbonyl (C=O) groups excluding carboxylic acids is 1. The van der Waals surface area contributed by atoms with Crippen LogP contribution in [-0.4, -0.2) is 66.1 Å². The minimum Gasteiger partial charge on any atom is -0.497 e. The zero-order chi connectivity index (χ0) is 20.9. The number of nitrogens with zero attached hydrogens (tertiary/aromatic N) is 4. The lowest BCUT2D eigenvalue weighted by Gasteiger charge is -2.34. The van der Waals surface area contributed by atoms with Crippen molar-refractivity contribution in [3.63, 3.8) is 0 Å². The summed E-state index contributed by atoms with van der Waals surface area (Å²) >= 11 is 1.67. The topological polar surface area (TPSA) is 67.8 Å². The van der Waals surface area contributed by atoms with E-state index in [0.717, 1.165) is 41.6 Å². The summed E-state index contributed by atoms with van der Waals surface area (Å²) in [6, 6.07) is 11.5. The van der Waals surface area contributed by atoms with E-state index in [1.807, 2.05) is 29.2 Å². The third kappa shape index (κ3) is 4.44. The summed E-state index contributed by atoms with van der Waals surface area (Å²) in [5.74, 6) is 1.18. The van der Waals surface area contributed by atoms with Crippen molar-refractivity contribution in [2.24, 2.45) is 0 Å². The molecule has 0 atom stereocenters. The first kappa shape index (κ1) is 20.3. The summed E-state index contributed by atoms with van der Waals surface area (Å²) in [6.45, 7) is 3.76. The molecule has 4 rings (SSSR count). The van der Waals surface area contributed by atoms with Gasteiger partial charge in [-0.05, 0) is 36.4 Å². The summed E-state index contributed by atoms with van der Waals surface area (Å²) < 4.78 is 10.4. The fourth-order valence-corrected chi connectivity index (χ4v) is 4.31. The minimum absolute atomic E-state index is 0.0318. The average Bonchev–Trinajstić information content (AvgIpc) is 3.27. The first-order valence-corrected chi connectivity index (χ1v) is 10.7. The molecule has 3 aromatic rings. The Balaban J connectivity index is 1.34. The number of methoxy groups -OCH3 is 2. The molecular weight excluding hydrogens is 400 g/mol. The van der Waals surface area contributed by atoms with Crippen LogP contribution in [-0.2, 0) is 6.54 Å². The summed E-state index contributed by atoms with van der Waals surface area (Å²) in [4.78, 5) is 25.9. The molecule has 1 aliphatic rings. The van der Waals surface area contributed by atoms with E-state index >= 15 is 0 Å². The molecule has 0 radical (unpaired) electrons. The van der Waals surface area contributed by atoms with E-state index in [0.29, 0.717) is 24.5 Å². The van der Waals surface area contributed by atoms with Gasteiger partial charge in [0.15, 0.2) is 0 Å². The summed E-state index contributed by atoms with van der Waals surface area (Å²) in [5, 5.41) is 3.17. The molecule has 0 saturated carbocycles. The molecule has 0 bridgehead atoms. The number of amides is 1. The molecule has 0 unspecified atom stereocenters. The molecule has 156 valence electrons. The minimum atomic E-state index is -0.0318. The van der Waals surface area contributed by atoms with Crippen molar-refractivity contribution < 1.29 is 14.3 Å². The predicted molar refractivity (Wildman–Crippen MR) is 116 cm³/mol. The van der Waals surface area contributed by atoms with Gasteiger partial charge in [0.1, 0.15) is 16.3 Å². The van der Waals surface area contributed by atoms with E-state index in [-0.39, 0.29) is 5.91 Å². The number of thiazole rings is 1. The van der Waals surface area contributed by atoms with Crippen LogP contribution in [0.1, 0.15) is 15.4 Å². The van der Waals surface area contributed by atoms with Gasteiger partial charge in [-0.15, -0.1) is 11.3 Å². The van der Waals surface area contributed by atoms with Crippen molar-refractivity contribution in [2.75, 3.05) is 40.4 Å². The number of carbonyl (C=O) groups is 1. The lowest BCUT2D eigenvalue weighted by molar-refractivity contribution is 0.0624. The third-order valence-corrected chi connectivity index (χ3v) is 5.98. The molecule has 1 saturated heterocycles. The predicted octanol–water partition coefficient (Wildman–Crippen LogP) is 3.18. The maximum atomic E-state index is 12.8. The lowest BCUT2D eigenvalue weighted by atomic mass is 10.2. The standard InChI is InChI=1S/C22H24N4O3S/c1-28-17-7-5-16(6-8-17)19-15-30-20(24-19)14-25-10-12-26(13-11-25)22(27)18-4-3-9-23-21(18)29-2/h3-9,15H,10-14H2,1-2H3. The Morgan fingerprint density at radius 2 is 1.83 bits per heavy atom. The Morgan fingerprint density at radius 1 is 1.07 bits per heavy atom. The van der Waals surface area contributed by atoms with Crippen LogP contribution in [0.25, 0.3) is 11.3 Å². The molecule has 2 aromatic heterocycles. The fourth-order valence-electron chi connectivity index (χ4n) is 3.46. The molecule has 0 spiro atoms. The molecule has 1 aromatic carbocycles. The number of hydrogen-bond donors (Lipinski definition) is 0. The van der Waals surface area contributed by atoms with Gasteiger partial charge in [0.05, 0.1) is 26.5 Å². The van der Waals surface area contributed by atoms with E-state index in [9.17, 15) is 4.79 Å². The Hall–Kier alpha value is -2.97. The van der Waals surface area contributed by atoms with Gasteiger partial charge in [-0.25, -0.2) is 9.97 Å². The smallest absolute Gasteiger partial charge is 0.259 e. The maximum absolute atomic E-state index is 12.8. The highest BCUT2D eigenvalue weighted by atomic mass is 32.1. The Labute approximate surface area is 179 Å². The monoisotopic (exact) mass is 424 g/mol. The van der Waals surface area contributed by atoms with Crippen LogP contribution in [0.4, 0.5) is 0 Å². The van der Waals surface area contributed by atoms with Crippen molar-refractivity contribution >= 4 is 17.2 Å². The van der Waals surface area contributed by atoms with E-state index in [1.54, 1.807) is 36.8 Å². The van der Waals surface area contributed by atoms with E-state index < -0.39 is 0 Å². The van der Waals surface area contributed by atoms with Crippen LogP contribution < -0.4 is 9.47 Å². The lowest BCUT2D eigenvalue weighted by Crippen LogP contribution is -2.48. The number of rotatable bonds is 6. The fraction of sp³-hybridized carbons (Fsp3) is 0.318. The number of aromatic nitrogens is 2. The van der Waals surface area contributed by atoms with Crippen molar-refractivity contribution in [3.05, 3.63) is 58.5 Å².